The number of nitrogens with zero attached hydrogens (tertiary/aromatic N) is 1. The number of carbonyl (C=O) groups excluding carboxylic acids is 1. The van der Waals surface area contributed by atoms with Gasteiger partial charge in [0.25, 0.3) is 5.91 Å². The van der Waals surface area contributed by atoms with Crippen molar-refractivity contribution in [3.8, 4) is 0 Å². The Morgan fingerprint density at radius 1 is 1.37 bits per heavy atom. The summed E-state index contributed by atoms with van der Waals surface area (Å²) in [5.74, 6) is -0.638. The van der Waals surface area contributed by atoms with Gasteiger partial charge in [0.15, 0.2) is 0 Å². The van der Waals surface area contributed by atoms with Crippen LogP contribution in [0.1, 0.15) is 21.6 Å². The third-order valence-corrected chi connectivity index (χ3v) is 3.22. The lowest BCUT2D eigenvalue weighted by molar-refractivity contribution is 0.0951. The van der Waals surface area contributed by atoms with E-state index in [4.69, 9.17) is 0 Å². The SMILES string of the molecule is Cc1ccc(CNC(=O)c2ccc(F)c(Br)c2)cn1. The molecule has 19 heavy (non-hydrogen) atoms. The van der Waals surface area contributed by atoms with Gasteiger partial charge in [-0.05, 0) is 52.7 Å². The Bertz CT molecular complexity index is 599. The van der Waals surface area contributed by atoms with Gasteiger partial charge in [-0.15, -0.1) is 0 Å². The highest BCUT2D eigenvalue weighted by Gasteiger charge is 2.08. The smallest absolute Gasteiger partial charge is 0.251 e. The lowest BCUT2D eigenvalue weighted by Gasteiger charge is -2.06. The summed E-state index contributed by atoms with van der Waals surface area (Å²) in [5.41, 5.74) is 2.26. The van der Waals surface area contributed by atoms with Gasteiger partial charge in [-0.3, -0.25) is 9.78 Å². The van der Waals surface area contributed by atoms with E-state index in [9.17, 15) is 9.18 Å². The Hall–Kier alpha value is -1.75. The number of pyridine rings is 1. The van der Waals surface area contributed by atoms with Crippen molar-refractivity contribution in [1.82, 2.24) is 10.3 Å². The van der Waals surface area contributed by atoms with Crippen molar-refractivity contribution >= 4 is 21.8 Å². The number of aromatic nitrogens is 1. The predicted octanol–water partition coefficient (Wildman–Crippen LogP) is 3.22. The fraction of sp³-hybridized carbons (Fsp3) is 0.143. The monoisotopic (exact) mass is 322 g/mol. The molecule has 0 aliphatic carbocycles. The number of amides is 1. The van der Waals surface area contributed by atoms with Crippen molar-refractivity contribution in [1.29, 1.82) is 0 Å². The van der Waals surface area contributed by atoms with Gasteiger partial charge in [0, 0.05) is 24.0 Å². The topological polar surface area (TPSA) is 42.0 Å². The Kier molecular flexibility index (Phi) is 4.27. The number of hydrogen-bond acceptors (Lipinski definition) is 2. The summed E-state index contributed by atoms with van der Waals surface area (Å²) in [6.07, 6.45) is 1.72. The zero-order valence-corrected chi connectivity index (χ0v) is 11.9. The molecule has 0 spiro atoms. The minimum Gasteiger partial charge on any atom is -0.348 e. The van der Waals surface area contributed by atoms with Crippen LogP contribution in [0.4, 0.5) is 4.39 Å². The molecule has 0 atom stereocenters. The van der Waals surface area contributed by atoms with Crippen molar-refractivity contribution in [2.45, 2.75) is 13.5 Å². The molecule has 0 saturated carbocycles. The molecule has 5 heteroatoms. The standard InChI is InChI=1S/C14H12BrFN2O/c1-9-2-3-10(7-17-9)8-18-14(19)11-4-5-13(16)12(15)6-11/h2-7H,8H2,1H3,(H,18,19). The van der Waals surface area contributed by atoms with Crippen LogP contribution in [0.2, 0.25) is 0 Å². The van der Waals surface area contributed by atoms with Crippen LogP contribution in [0, 0.1) is 12.7 Å². The molecule has 3 nitrogen and oxygen atoms in total. The molecule has 0 aliphatic heterocycles. The summed E-state index contributed by atoms with van der Waals surface area (Å²) in [7, 11) is 0. The van der Waals surface area contributed by atoms with Crippen molar-refractivity contribution in [2.24, 2.45) is 0 Å². The van der Waals surface area contributed by atoms with Crippen LogP contribution in [0.3, 0.4) is 0 Å². The van der Waals surface area contributed by atoms with Gasteiger partial charge in [-0.1, -0.05) is 6.07 Å². The molecule has 0 aliphatic rings. The maximum absolute atomic E-state index is 13.1. The number of nitrogens with one attached hydrogen (secondary N) is 1. The minimum atomic E-state index is -0.390. The Balaban J connectivity index is 2.01. The number of benzene rings is 1. The molecule has 0 unspecified atom stereocenters. The van der Waals surface area contributed by atoms with E-state index in [0.29, 0.717) is 12.1 Å². The van der Waals surface area contributed by atoms with Crippen LogP contribution < -0.4 is 5.32 Å². The molecule has 0 fully saturated rings. The zero-order valence-electron chi connectivity index (χ0n) is 10.3. The van der Waals surface area contributed by atoms with Crippen LogP contribution >= 0.6 is 15.9 Å². The highest BCUT2D eigenvalue weighted by molar-refractivity contribution is 9.10. The number of halogens is 2. The quantitative estimate of drug-likeness (QED) is 0.942. The van der Waals surface area contributed by atoms with Crippen molar-refractivity contribution in [2.75, 3.05) is 0 Å². The van der Waals surface area contributed by atoms with Gasteiger partial charge in [0.1, 0.15) is 5.82 Å². The van der Waals surface area contributed by atoms with E-state index >= 15 is 0 Å². The Labute approximate surface area is 119 Å². The largest absolute Gasteiger partial charge is 0.348 e. The number of carbonyl (C=O) groups is 1. The van der Waals surface area contributed by atoms with Crippen molar-refractivity contribution in [3.63, 3.8) is 0 Å². The first-order valence-corrected chi connectivity index (χ1v) is 6.50. The van der Waals surface area contributed by atoms with E-state index in [0.717, 1.165) is 11.3 Å². The van der Waals surface area contributed by atoms with Gasteiger partial charge < -0.3 is 5.32 Å². The van der Waals surface area contributed by atoms with E-state index in [1.165, 1.54) is 18.2 Å². The molecule has 2 rings (SSSR count). The van der Waals surface area contributed by atoms with Crippen LogP contribution in [0.15, 0.2) is 41.0 Å². The van der Waals surface area contributed by atoms with Crippen LogP contribution in [-0.4, -0.2) is 10.9 Å². The summed E-state index contributed by atoms with van der Waals surface area (Å²) < 4.78 is 13.3. The fourth-order valence-electron chi connectivity index (χ4n) is 1.52. The summed E-state index contributed by atoms with van der Waals surface area (Å²) >= 11 is 3.05. The van der Waals surface area contributed by atoms with E-state index in [-0.39, 0.29) is 16.2 Å². The molecular weight excluding hydrogens is 311 g/mol. The lowest BCUT2D eigenvalue weighted by Crippen LogP contribution is -2.22. The second-order valence-electron chi connectivity index (χ2n) is 4.12. The Morgan fingerprint density at radius 3 is 2.79 bits per heavy atom. The van der Waals surface area contributed by atoms with E-state index in [1.54, 1.807) is 6.20 Å². The third kappa shape index (κ3) is 3.61. The van der Waals surface area contributed by atoms with Gasteiger partial charge >= 0.3 is 0 Å². The number of rotatable bonds is 3. The summed E-state index contributed by atoms with van der Waals surface area (Å²) in [4.78, 5) is 16.0. The molecular formula is C14H12BrFN2O. The number of hydrogen-bond donors (Lipinski definition) is 1. The number of aryl methyl sites for hydroxylation is 1. The van der Waals surface area contributed by atoms with Gasteiger partial charge in [-0.2, -0.15) is 0 Å². The second kappa shape index (κ2) is 5.93. The van der Waals surface area contributed by atoms with E-state index in [2.05, 4.69) is 26.2 Å². The van der Waals surface area contributed by atoms with Crippen LogP contribution in [0.25, 0.3) is 0 Å². The Morgan fingerprint density at radius 2 is 2.16 bits per heavy atom. The van der Waals surface area contributed by atoms with Crippen LogP contribution in [-0.2, 0) is 6.54 Å². The molecule has 1 aromatic heterocycles. The fourth-order valence-corrected chi connectivity index (χ4v) is 1.90. The molecule has 1 N–H and O–H groups in total. The maximum Gasteiger partial charge on any atom is 0.251 e. The normalized spacial score (nSPS) is 10.3. The van der Waals surface area contributed by atoms with Gasteiger partial charge in [0.05, 0.1) is 4.47 Å². The predicted molar refractivity (Wildman–Crippen MR) is 74.2 cm³/mol. The summed E-state index contributed by atoms with van der Waals surface area (Å²) in [6.45, 7) is 2.29. The highest BCUT2D eigenvalue weighted by Crippen LogP contribution is 2.16. The van der Waals surface area contributed by atoms with Crippen molar-refractivity contribution in [3.05, 3.63) is 63.6 Å². The summed E-state index contributed by atoms with van der Waals surface area (Å²) in [5, 5.41) is 2.76. The van der Waals surface area contributed by atoms with Gasteiger partial charge in [-0.25, -0.2) is 4.39 Å². The first-order valence-electron chi connectivity index (χ1n) is 5.71. The zero-order chi connectivity index (χ0) is 13.8. The molecule has 0 saturated heterocycles. The van der Waals surface area contributed by atoms with E-state index < -0.39 is 0 Å². The van der Waals surface area contributed by atoms with Gasteiger partial charge in [0.2, 0.25) is 0 Å². The average molecular weight is 323 g/mol. The molecule has 0 radical (unpaired) electrons. The lowest BCUT2D eigenvalue weighted by atomic mass is 10.2. The minimum absolute atomic E-state index is 0.249. The first-order chi connectivity index (χ1) is 9.06. The highest BCUT2D eigenvalue weighted by atomic mass is 79.9. The molecule has 2 aromatic rings. The second-order valence-corrected chi connectivity index (χ2v) is 4.97. The van der Waals surface area contributed by atoms with E-state index in [1.807, 2.05) is 19.1 Å². The molecule has 1 heterocycles. The first kappa shape index (κ1) is 13.7. The molecule has 1 aromatic carbocycles. The molecule has 1 amide bonds. The molecule has 98 valence electrons. The average Bonchev–Trinajstić information content (AvgIpc) is 2.41. The van der Waals surface area contributed by atoms with Crippen molar-refractivity contribution < 1.29 is 9.18 Å². The molecule has 0 bridgehead atoms. The maximum atomic E-state index is 13.1. The third-order valence-electron chi connectivity index (χ3n) is 2.61. The van der Waals surface area contributed by atoms with Crippen LogP contribution in [0.5, 0.6) is 0 Å². The summed E-state index contributed by atoms with van der Waals surface area (Å²) in [6, 6.07) is 7.95.